The van der Waals surface area contributed by atoms with Crippen molar-refractivity contribution in [1.29, 1.82) is 0 Å². The van der Waals surface area contributed by atoms with Gasteiger partial charge in [0, 0.05) is 6.07 Å². The highest BCUT2D eigenvalue weighted by Crippen LogP contribution is 2.43. The van der Waals surface area contributed by atoms with Gasteiger partial charge in [-0.3, -0.25) is 14.4 Å². The van der Waals surface area contributed by atoms with Crippen LogP contribution in [0.15, 0.2) is 27.4 Å². The Morgan fingerprint density at radius 2 is 1.63 bits per heavy atom. The van der Waals surface area contributed by atoms with Gasteiger partial charge in [0.05, 0.1) is 23.6 Å². The van der Waals surface area contributed by atoms with Gasteiger partial charge in [-0.2, -0.15) is 0 Å². The summed E-state index contributed by atoms with van der Waals surface area (Å²) in [7, 11) is 1.24. The molecule has 2 aromatic carbocycles. The second-order valence-corrected chi connectivity index (χ2v) is 6.45. The average molecular weight is 366 g/mol. The molecule has 0 atom stereocenters. The van der Waals surface area contributed by atoms with Gasteiger partial charge in [-0.25, -0.2) is 0 Å². The number of carbonyl (C=O) groups excluding carboxylic acids is 2. The topological polar surface area (TPSA) is 114 Å². The summed E-state index contributed by atoms with van der Waals surface area (Å²) >= 11 is 0. The second-order valence-electron chi connectivity index (χ2n) is 6.45. The zero-order chi connectivity index (χ0) is 19.6. The number of hydrogen-bond donors (Lipinski definition) is 2. The number of benzene rings is 2. The molecular formula is C20H14O7. The second kappa shape index (κ2) is 5.44. The van der Waals surface area contributed by atoms with Crippen molar-refractivity contribution < 1.29 is 29.0 Å². The van der Waals surface area contributed by atoms with Gasteiger partial charge < -0.3 is 19.4 Å². The fourth-order valence-corrected chi connectivity index (χ4v) is 3.53. The highest BCUT2D eigenvalue weighted by molar-refractivity contribution is 6.30. The van der Waals surface area contributed by atoms with Crippen LogP contribution in [0.25, 0.3) is 11.0 Å². The molecule has 0 radical (unpaired) electrons. The molecule has 7 nitrogen and oxygen atoms in total. The zero-order valence-corrected chi connectivity index (χ0v) is 14.7. The Kier molecular flexibility index (Phi) is 3.39. The van der Waals surface area contributed by atoms with Crippen LogP contribution in [-0.2, 0) is 0 Å². The number of hydrogen-bond acceptors (Lipinski definition) is 7. The van der Waals surface area contributed by atoms with Crippen molar-refractivity contribution in [1.82, 2.24) is 0 Å². The Labute approximate surface area is 152 Å². The van der Waals surface area contributed by atoms with E-state index in [-0.39, 0.29) is 16.7 Å². The molecule has 0 fully saturated rings. The summed E-state index contributed by atoms with van der Waals surface area (Å²) in [5.74, 6) is -3.56. The van der Waals surface area contributed by atoms with Crippen molar-refractivity contribution in [2.75, 3.05) is 7.11 Å². The van der Waals surface area contributed by atoms with Crippen LogP contribution >= 0.6 is 0 Å². The van der Waals surface area contributed by atoms with Gasteiger partial charge >= 0.3 is 0 Å². The minimum Gasteiger partial charge on any atom is -0.507 e. The molecule has 1 aliphatic rings. The molecule has 0 spiro atoms. The number of phenols is 2. The number of ketones is 2. The molecule has 0 bridgehead atoms. The number of carbonyl (C=O) groups is 2. The Bertz CT molecular complexity index is 1250. The molecule has 0 aliphatic heterocycles. The molecule has 0 saturated heterocycles. The number of rotatable bonds is 1. The SMILES string of the molecule is COc1cc(O)c2c(c1O)C(=O)c1oc3cc(C)cc(C)c3c(=O)c1C2=O. The van der Waals surface area contributed by atoms with Crippen LogP contribution < -0.4 is 10.2 Å². The lowest BCUT2D eigenvalue weighted by Crippen LogP contribution is -2.28. The summed E-state index contributed by atoms with van der Waals surface area (Å²) < 4.78 is 10.6. The molecule has 2 N–H and O–H groups in total. The molecule has 0 unspecified atom stereocenters. The van der Waals surface area contributed by atoms with E-state index in [2.05, 4.69) is 0 Å². The standard InChI is InChI=1S/C20H14O7/c1-7-4-8(2)12-10(5-7)27-20-15(17(12)23)18(24)13-9(21)6-11(26-3)16(22)14(13)19(20)25/h4-6,21-22H,1-3H3. The van der Waals surface area contributed by atoms with Gasteiger partial charge in [-0.15, -0.1) is 0 Å². The van der Waals surface area contributed by atoms with E-state index >= 15 is 0 Å². The third-order valence-electron chi connectivity index (χ3n) is 4.69. The molecular weight excluding hydrogens is 352 g/mol. The summed E-state index contributed by atoms with van der Waals surface area (Å²) in [4.78, 5) is 38.9. The maximum atomic E-state index is 13.0. The van der Waals surface area contributed by atoms with Crippen LogP contribution in [0, 0.1) is 13.8 Å². The molecule has 3 aromatic rings. The fraction of sp³-hybridized carbons (Fsp3) is 0.150. The van der Waals surface area contributed by atoms with Crippen molar-refractivity contribution in [3.8, 4) is 17.2 Å². The molecule has 136 valence electrons. The first-order chi connectivity index (χ1) is 12.8. The van der Waals surface area contributed by atoms with Crippen LogP contribution in [0.1, 0.15) is 43.2 Å². The van der Waals surface area contributed by atoms with E-state index in [1.165, 1.54) is 7.11 Å². The Morgan fingerprint density at radius 3 is 2.30 bits per heavy atom. The van der Waals surface area contributed by atoms with Crippen LogP contribution in [0.2, 0.25) is 0 Å². The van der Waals surface area contributed by atoms with E-state index in [0.717, 1.165) is 11.6 Å². The van der Waals surface area contributed by atoms with Crippen LogP contribution in [0.4, 0.5) is 0 Å². The number of fused-ring (bicyclic) bond motifs is 3. The van der Waals surface area contributed by atoms with Gasteiger partial charge in [0.2, 0.25) is 17.0 Å². The third kappa shape index (κ3) is 2.11. The number of aryl methyl sites for hydroxylation is 2. The van der Waals surface area contributed by atoms with Crippen LogP contribution in [0.3, 0.4) is 0 Å². The van der Waals surface area contributed by atoms with E-state index in [1.54, 1.807) is 19.1 Å². The average Bonchev–Trinajstić information content (AvgIpc) is 2.60. The Morgan fingerprint density at radius 1 is 0.926 bits per heavy atom. The summed E-state index contributed by atoms with van der Waals surface area (Å²) in [5, 5.41) is 20.7. The van der Waals surface area contributed by atoms with E-state index in [1.807, 2.05) is 6.92 Å². The fourth-order valence-electron chi connectivity index (χ4n) is 3.53. The molecule has 0 amide bonds. The van der Waals surface area contributed by atoms with E-state index in [9.17, 15) is 24.6 Å². The zero-order valence-electron chi connectivity index (χ0n) is 14.7. The quantitative estimate of drug-likeness (QED) is 0.498. The largest absolute Gasteiger partial charge is 0.507 e. The minimum absolute atomic E-state index is 0.174. The van der Waals surface area contributed by atoms with E-state index in [0.29, 0.717) is 5.56 Å². The highest BCUT2D eigenvalue weighted by Gasteiger charge is 2.40. The minimum atomic E-state index is -0.884. The lowest BCUT2D eigenvalue weighted by atomic mass is 9.85. The molecule has 1 aromatic heterocycles. The van der Waals surface area contributed by atoms with Gasteiger partial charge in [-0.05, 0) is 31.0 Å². The summed E-state index contributed by atoms with van der Waals surface area (Å²) in [6.45, 7) is 3.51. The first kappa shape index (κ1) is 16.8. The normalized spacial score (nSPS) is 12.9. The first-order valence-corrected chi connectivity index (χ1v) is 8.06. The molecule has 1 aliphatic carbocycles. The molecule has 1 heterocycles. The van der Waals surface area contributed by atoms with Crippen molar-refractivity contribution in [2.45, 2.75) is 13.8 Å². The van der Waals surface area contributed by atoms with E-state index in [4.69, 9.17) is 9.15 Å². The van der Waals surface area contributed by atoms with Crippen molar-refractivity contribution in [3.63, 3.8) is 0 Å². The lowest BCUT2D eigenvalue weighted by Gasteiger charge is -2.20. The van der Waals surface area contributed by atoms with Crippen LogP contribution in [-0.4, -0.2) is 28.9 Å². The monoisotopic (exact) mass is 366 g/mol. The van der Waals surface area contributed by atoms with Crippen LogP contribution in [0.5, 0.6) is 17.2 Å². The molecule has 4 rings (SSSR count). The van der Waals surface area contributed by atoms with E-state index < -0.39 is 50.9 Å². The predicted octanol–water partition coefficient (Wildman–Crippen LogP) is 2.61. The van der Waals surface area contributed by atoms with Crippen molar-refractivity contribution >= 4 is 22.5 Å². The predicted molar refractivity (Wildman–Crippen MR) is 95.1 cm³/mol. The lowest BCUT2D eigenvalue weighted by molar-refractivity contribution is 0.0951. The maximum absolute atomic E-state index is 13.0. The number of aromatic hydroxyl groups is 2. The highest BCUT2D eigenvalue weighted by atomic mass is 16.5. The summed E-state index contributed by atoms with van der Waals surface area (Å²) in [5.41, 5.74) is -0.394. The summed E-state index contributed by atoms with van der Waals surface area (Å²) in [6.07, 6.45) is 0. The van der Waals surface area contributed by atoms with Gasteiger partial charge in [-0.1, -0.05) is 6.07 Å². The number of phenolic OH excluding ortho intramolecular Hbond substituents is 2. The third-order valence-corrected chi connectivity index (χ3v) is 4.69. The first-order valence-electron chi connectivity index (χ1n) is 8.06. The van der Waals surface area contributed by atoms with Crippen molar-refractivity contribution in [2.24, 2.45) is 0 Å². The van der Waals surface area contributed by atoms with Gasteiger partial charge in [0.25, 0.3) is 0 Å². The Hall–Kier alpha value is -3.61. The molecule has 27 heavy (non-hydrogen) atoms. The van der Waals surface area contributed by atoms with Crippen molar-refractivity contribution in [3.05, 3.63) is 62.0 Å². The summed E-state index contributed by atoms with van der Waals surface area (Å²) in [6, 6.07) is 4.38. The Balaban J connectivity index is 2.16. The number of methoxy groups -OCH3 is 1. The molecule has 0 saturated carbocycles. The van der Waals surface area contributed by atoms with Gasteiger partial charge in [0.1, 0.15) is 16.9 Å². The van der Waals surface area contributed by atoms with Gasteiger partial charge in [0.15, 0.2) is 17.3 Å². The number of ether oxygens (including phenoxy) is 1. The maximum Gasteiger partial charge on any atom is 0.233 e. The smallest absolute Gasteiger partial charge is 0.233 e. The molecule has 7 heteroatoms.